The fourth-order valence-electron chi connectivity index (χ4n) is 0.507. The quantitative estimate of drug-likeness (QED) is 0.512. The molecular weight excluding hydrogens is 128 g/mol. The van der Waals surface area contributed by atoms with Crippen LogP contribution in [0.1, 0.15) is 20.8 Å². The van der Waals surface area contributed by atoms with Gasteiger partial charge in [-0.05, 0) is 20.8 Å². The van der Waals surface area contributed by atoms with Crippen molar-refractivity contribution in [2.75, 3.05) is 13.1 Å². The highest BCUT2D eigenvalue weighted by Crippen LogP contribution is 1.97. The summed E-state index contributed by atoms with van der Waals surface area (Å²) in [6.45, 7) is 7.05. The van der Waals surface area contributed by atoms with Crippen LogP contribution >= 0.6 is 0 Å². The molecule has 0 saturated carbocycles. The Hall–Kier alpha value is -0.120. The molecule has 0 aliphatic rings. The maximum absolute atomic E-state index is 9.03. The van der Waals surface area contributed by atoms with Gasteiger partial charge in [-0.15, -0.1) is 0 Å². The molecular formula is C7H18N2O. The van der Waals surface area contributed by atoms with Gasteiger partial charge in [-0.3, -0.25) is 0 Å². The fourth-order valence-corrected chi connectivity index (χ4v) is 0.507. The molecule has 0 bridgehead atoms. The smallest absolute Gasteiger partial charge is 0.0786 e. The van der Waals surface area contributed by atoms with Crippen LogP contribution < -0.4 is 11.1 Å². The standard InChI is InChI=1S/C7H18N2O/c1-7(2,3)9-5-6(10)4-8/h6,9-10H,4-5,8H2,1-3H3/t6-/m1/s1. The van der Waals surface area contributed by atoms with E-state index in [2.05, 4.69) is 26.1 Å². The van der Waals surface area contributed by atoms with Crippen molar-refractivity contribution in [3.8, 4) is 0 Å². The van der Waals surface area contributed by atoms with E-state index in [1.807, 2.05) is 0 Å². The summed E-state index contributed by atoms with van der Waals surface area (Å²) in [5.74, 6) is 0. The van der Waals surface area contributed by atoms with Gasteiger partial charge in [0, 0.05) is 18.6 Å². The third-order valence-electron chi connectivity index (χ3n) is 1.14. The number of aliphatic hydroxyl groups excluding tert-OH is 1. The third-order valence-corrected chi connectivity index (χ3v) is 1.14. The average Bonchev–Trinajstić information content (AvgIpc) is 1.81. The van der Waals surface area contributed by atoms with Gasteiger partial charge in [0.05, 0.1) is 6.10 Å². The van der Waals surface area contributed by atoms with Crippen molar-refractivity contribution in [3.05, 3.63) is 0 Å². The highest BCUT2D eigenvalue weighted by Gasteiger charge is 2.10. The van der Waals surface area contributed by atoms with Gasteiger partial charge in [0.1, 0.15) is 0 Å². The summed E-state index contributed by atoms with van der Waals surface area (Å²) >= 11 is 0. The van der Waals surface area contributed by atoms with Crippen LogP contribution in [-0.2, 0) is 0 Å². The van der Waals surface area contributed by atoms with Crippen LogP contribution in [0.25, 0.3) is 0 Å². The Balaban J connectivity index is 3.36. The fraction of sp³-hybridized carbons (Fsp3) is 1.00. The summed E-state index contributed by atoms with van der Waals surface area (Å²) in [5, 5.41) is 12.2. The number of β-amino-alcohol motifs (C(OH)–C–C–N with tert-alkyl or cyclic N) is 1. The molecule has 3 nitrogen and oxygen atoms in total. The van der Waals surface area contributed by atoms with Gasteiger partial charge < -0.3 is 16.2 Å². The van der Waals surface area contributed by atoms with Crippen LogP contribution in [0, 0.1) is 0 Å². The first kappa shape index (κ1) is 9.88. The molecule has 3 heteroatoms. The molecule has 62 valence electrons. The number of nitrogens with one attached hydrogen (secondary N) is 1. The van der Waals surface area contributed by atoms with E-state index in [4.69, 9.17) is 10.8 Å². The van der Waals surface area contributed by atoms with E-state index < -0.39 is 6.10 Å². The van der Waals surface area contributed by atoms with Gasteiger partial charge in [0.25, 0.3) is 0 Å². The van der Waals surface area contributed by atoms with Crippen molar-refractivity contribution in [1.82, 2.24) is 5.32 Å². The second-order valence-electron chi connectivity index (χ2n) is 3.52. The molecule has 0 fully saturated rings. The molecule has 0 saturated heterocycles. The van der Waals surface area contributed by atoms with Crippen LogP contribution in [0.2, 0.25) is 0 Å². The Kier molecular flexibility index (Phi) is 3.86. The van der Waals surface area contributed by atoms with Crippen LogP contribution in [0.3, 0.4) is 0 Å². The molecule has 0 heterocycles. The second kappa shape index (κ2) is 3.91. The normalized spacial score (nSPS) is 15.3. The summed E-state index contributed by atoms with van der Waals surface area (Å²) < 4.78 is 0. The molecule has 0 radical (unpaired) electrons. The first-order valence-electron chi connectivity index (χ1n) is 3.59. The van der Waals surface area contributed by atoms with Crippen LogP contribution in [0.5, 0.6) is 0 Å². The number of aliphatic hydroxyl groups is 1. The largest absolute Gasteiger partial charge is 0.390 e. The third kappa shape index (κ3) is 6.01. The Bertz CT molecular complexity index is 88.1. The van der Waals surface area contributed by atoms with Crippen molar-refractivity contribution in [2.24, 2.45) is 5.73 Å². The minimum absolute atomic E-state index is 0.0656. The van der Waals surface area contributed by atoms with Gasteiger partial charge in [0.2, 0.25) is 0 Å². The van der Waals surface area contributed by atoms with E-state index in [0.717, 1.165) is 0 Å². The van der Waals surface area contributed by atoms with Crippen LogP contribution in [-0.4, -0.2) is 29.8 Å². The monoisotopic (exact) mass is 146 g/mol. The molecule has 0 unspecified atom stereocenters. The molecule has 0 aromatic carbocycles. The zero-order valence-electron chi connectivity index (χ0n) is 7.02. The first-order valence-corrected chi connectivity index (χ1v) is 3.59. The minimum Gasteiger partial charge on any atom is -0.390 e. The molecule has 4 N–H and O–H groups in total. The van der Waals surface area contributed by atoms with Gasteiger partial charge in [-0.1, -0.05) is 0 Å². The van der Waals surface area contributed by atoms with E-state index in [9.17, 15) is 0 Å². The molecule has 10 heavy (non-hydrogen) atoms. The second-order valence-corrected chi connectivity index (χ2v) is 3.52. The number of hydrogen-bond acceptors (Lipinski definition) is 3. The lowest BCUT2D eigenvalue weighted by Gasteiger charge is -2.22. The first-order chi connectivity index (χ1) is 4.45. The maximum Gasteiger partial charge on any atom is 0.0786 e. The van der Waals surface area contributed by atoms with Crippen LogP contribution in [0.4, 0.5) is 0 Å². The van der Waals surface area contributed by atoms with Crippen molar-refractivity contribution < 1.29 is 5.11 Å². The molecule has 0 spiro atoms. The van der Waals surface area contributed by atoms with Crippen molar-refractivity contribution in [1.29, 1.82) is 0 Å². The van der Waals surface area contributed by atoms with E-state index in [-0.39, 0.29) is 5.54 Å². The minimum atomic E-state index is -0.417. The van der Waals surface area contributed by atoms with Gasteiger partial charge >= 0.3 is 0 Å². The summed E-state index contributed by atoms with van der Waals surface area (Å²) in [6, 6.07) is 0. The number of rotatable bonds is 3. The summed E-state index contributed by atoms with van der Waals surface area (Å²) in [5.41, 5.74) is 5.28. The van der Waals surface area contributed by atoms with E-state index in [1.165, 1.54) is 0 Å². The number of nitrogens with two attached hydrogens (primary N) is 1. The Morgan fingerprint density at radius 2 is 2.00 bits per heavy atom. The predicted molar refractivity (Wildman–Crippen MR) is 42.8 cm³/mol. The Labute approximate surface area is 62.6 Å². The van der Waals surface area contributed by atoms with Crippen LogP contribution in [0.15, 0.2) is 0 Å². The molecule has 0 aliphatic heterocycles. The van der Waals surface area contributed by atoms with Gasteiger partial charge in [0.15, 0.2) is 0 Å². The topological polar surface area (TPSA) is 58.3 Å². The maximum atomic E-state index is 9.03. The van der Waals surface area contributed by atoms with E-state index >= 15 is 0 Å². The molecule has 1 atom stereocenters. The lowest BCUT2D eigenvalue weighted by molar-refractivity contribution is 0.168. The summed E-state index contributed by atoms with van der Waals surface area (Å²) in [7, 11) is 0. The van der Waals surface area contributed by atoms with Crippen molar-refractivity contribution in [3.63, 3.8) is 0 Å². The number of hydrogen-bond donors (Lipinski definition) is 3. The summed E-state index contributed by atoms with van der Waals surface area (Å²) in [4.78, 5) is 0. The molecule has 0 aliphatic carbocycles. The summed E-state index contributed by atoms with van der Waals surface area (Å²) in [6.07, 6.45) is -0.417. The lowest BCUT2D eigenvalue weighted by atomic mass is 10.1. The zero-order chi connectivity index (χ0) is 8.20. The Morgan fingerprint density at radius 1 is 1.50 bits per heavy atom. The highest BCUT2D eigenvalue weighted by atomic mass is 16.3. The molecule has 0 aromatic heterocycles. The average molecular weight is 146 g/mol. The Morgan fingerprint density at radius 3 is 2.30 bits per heavy atom. The van der Waals surface area contributed by atoms with Gasteiger partial charge in [-0.25, -0.2) is 0 Å². The molecule has 0 aromatic rings. The van der Waals surface area contributed by atoms with Crippen molar-refractivity contribution >= 4 is 0 Å². The van der Waals surface area contributed by atoms with E-state index in [0.29, 0.717) is 13.1 Å². The highest BCUT2D eigenvalue weighted by molar-refractivity contribution is 4.72. The molecule has 0 rings (SSSR count). The van der Waals surface area contributed by atoms with E-state index in [1.54, 1.807) is 0 Å². The predicted octanol–water partition coefficient (Wildman–Crippen LogP) is -0.306. The SMILES string of the molecule is CC(C)(C)NC[C@H](O)CN. The van der Waals surface area contributed by atoms with Gasteiger partial charge in [-0.2, -0.15) is 0 Å². The molecule has 0 amide bonds. The zero-order valence-corrected chi connectivity index (χ0v) is 7.02. The lowest BCUT2D eigenvalue weighted by Crippen LogP contribution is -2.42. The van der Waals surface area contributed by atoms with Crippen molar-refractivity contribution in [2.45, 2.75) is 32.4 Å².